The van der Waals surface area contributed by atoms with Crippen molar-refractivity contribution in [2.45, 2.75) is 78.2 Å². The summed E-state index contributed by atoms with van der Waals surface area (Å²) in [5.41, 5.74) is 0. The van der Waals surface area contributed by atoms with Gasteiger partial charge in [-0.1, -0.05) is 13.2 Å². The van der Waals surface area contributed by atoms with Crippen LogP contribution >= 0.6 is 0 Å². The first kappa shape index (κ1) is 34.3. The molecule has 0 heterocycles. The van der Waals surface area contributed by atoms with Crippen LogP contribution in [0.15, 0.2) is 25.3 Å². The van der Waals surface area contributed by atoms with Gasteiger partial charge in [0, 0.05) is 12.2 Å². The van der Waals surface area contributed by atoms with Gasteiger partial charge in [0.2, 0.25) is 0 Å². The van der Waals surface area contributed by atoms with Gasteiger partial charge in [-0.15, -0.1) is 0 Å². The fourth-order valence-corrected chi connectivity index (χ4v) is 1.94. The van der Waals surface area contributed by atoms with Crippen LogP contribution in [0.3, 0.4) is 0 Å². The fraction of sp³-hybridized carbons (Fsp3) is 0.750. The maximum Gasteiger partial charge on any atom is 0.330 e. The lowest BCUT2D eigenvalue weighted by Crippen LogP contribution is -2.27. The van der Waals surface area contributed by atoms with Gasteiger partial charge in [0.1, 0.15) is 12.7 Å². The summed E-state index contributed by atoms with van der Waals surface area (Å²) < 4.78 is 31.2. The maximum absolute atomic E-state index is 11.0. The lowest BCUT2D eigenvalue weighted by Gasteiger charge is -2.19. The van der Waals surface area contributed by atoms with Gasteiger partial charge < -0.3 is 38.6 Å². The van der Waals surface area contributed by atoms with E-state index in [9.17, 15) is 9.59 Å². The minimum atomic E-state index is -0.479. The van der Waals surface area contributed by atoms with Crippen molar-refractivity contribution in [3.05, 3.63) is 25.3 Å². The molecule has 6 atom stereocenters. The van der Waals surface area contributed by atoms with Crippen LogP contribution in [0.2, 0.25) is 0 Å². The lowest BCUT2D eigenvalue weighted by atomic mass is 10.4. The third kappa shape index (κ3) is 23.3. The van der Waals surface area contributed by atoms with E-state index in [1.54, 1.807) is 27.7 Å². The molecule has 0 aliphatic rings. The number of aliphatic hydroxyl groups is 2. The van der Waals surface area contributed by atoms with Crippen LogP contribution in [0.4, 0.5) is 0 Å². The minimum absolute atomic E-state index is 0.0170. The first-order valence-electron chi connectivity index (χ1n) is 11.3. The summed E-state index contributed by atoms with van der Waals surface area (Å²) in [4.78, 5) is 21.8. The van der Waals surface area contributed by atoms with Crippen LogP contribution < -0.4 is 0 Å². The topological polar surface area (TPSA) is 130 Å². The van der Waals surface area contributed by atoms with Crippen molar-refractivity contribution in [2.24, 2.45) is 0 Å². The minimum Gasteiger partial charge on any atom is -0.460 e. The largest absolute Gasteiger partial charge is 0.460 e. The molecule has 0 radical (unpaired) electrons. The Morgan fingerprint density at radius 1 is 0.676 bits per heavy atom. The molecule has 0 aromatic carbocycles. The number of hydrogen-bond acceptors (Lipinski definition) is 10. The standard InChI is InChI=1S/C15H24O6.C9H20O4/c1-6-14(16)20-9-12(4)18-8-11(3)19-10-13(5)21-15(17)7-2;1-7(11)5-12-9(3)6-13-8(2)4-10/h6-7,11-13H,1-2,8-10H2,3-5H3;7-11H,4-6H2,1-3H3. The first-order valence-corrected chi connectivity index (χ1v) is 11.3. The number of ether oxygens (including phenoxy) is 6. The molecule has 2 N–H and O–H groups in total. The van der Waals surface area contributed by atoms with E-state index in [-0.39, 0.29) is 50.3 Å². The van der Waals surface area contributed by atoms with Crippen molar-refractivity contribution >= 4 is 11.9 Å². The third-order valence-corrected chi connectivity index (χ3v) is 3.84. The van der Waals surface area contributed by atoms with Crippen LogP contribution in [0.5, 0.6) is 0 Å². The van der Waals surface area contributed by atoms with Gasteiger partial charge in [-0.05, 0) is 41.5 Å². The van der Waals surface area contributed by atoms with Gasteiger partial charge in [0.25, 0.3) is 0 Å². The zero-order valence-corrected chi connectivity index (χ0v) is 21.4. The summed E-state index contributed by atoms with van der Waals surface area (Å²) in [6.07, 6.45) is 0.783. The zero-order valence-electron chi connectivity index (χ0n) is 21.4. The highest BCUT2D eigenvalue weighted by atomic mass is 16.6. The maximum atomic E-state index is 11.0. The Bertz CT molecular complexity index is 552. The highest BCUT2D eigenvalue weighted by Gasteiger charge is 2.12. The molecule has 0 bridgehead atoms. The predicted molar refractivity (Wildman–Crippen MR) is 127 cm³/mol. The van der Waals surface area contributed by atoms with Crippen molar-refractivity contribution in [1.82, 2.24) is 0 Å². The Balaban J connectivity index is 0. The molecule has 10 nitrogen and oxygen atoms in total. The van der Waals surface area contributed by atoms with Crippen LogP contribution in [-0.4, -0.2) is 98.4 Å². The van der Waals surface area contributed by atoms with Gasteiger partial charge >= 0.3 is 11.9 Å². The summed E-state index contributed by atoms with van der Waals surface area (Å²) in [7, 11) is 0. The summed E-state index contributed by atoms with van der Waals surface area (Å²) in [5.74, 6) is -0.958. The molecule has 34 heavy (non-hydrogen) atoms. The van der Waals surface area contributed by atoms with Crippen molar-refractivity contribution < 1.29 is 48.2 Å². The second-order valence-corrected chi connectivity index (χ2v) is 7.89. The van der Waals surface area contributed by atoms with E-state index in [0.717, 1.165) is 12.2 Å². The number of rotatable bonds is 18. The average molecular weight is 493 g/mol. The third-order valence-electron chi connectivity index (χ3n) is 3.84. The van der Waals surface area contributed by atoms with Crippen molar-refractivity contribution in [3.8, 4) is 0 Å². The van der Waals surface area contributed by atoms with Crippen molar-refractivity contribution in [3.63, 3.8) is 0 Å². The second kappa shape index (κ2) is 21.7. The summed E-state index contributed by atoms with van der Waals surface area (Å²) >= 11 is 0. The Morgan fingerprint density at radius 2 is 1.09 bits per heavy atom. The Labute approximate surface area is 203 Å². The normalized spacial score (nSPS) is 16.0. The van der Waals surface area contributed by atoms with E-state index < -0.39 is 18.0 Å². The van der Waals surface area contributed by atoms with Gasteiger partial charge in [-0.25, -0.2) is 9.59 Å². The van der Waals surface area contributed by atoms with E-state index in [1.807, 2.05) is 13.8 Å². The molecule has 0 fully saturated rings. The second-order valence-electron chi connectivity index (χ2n) is 7.89. The number of aliphatic hydroxyl groups excluding tert-OH is 2. The molecule has 0 rings (SSSR count). The number of hydrogen-bond donors (Lipinski definition) is 2. The highest BCUT2D eigenvalue weighted by molar-refractivity contribution is 5.81. The van der Waals surface area contributed by atoms with Crippen molar-refractivity contribution in [1.29, 1.82) is 0 Å². The molecule has 0 aliphatic carbocycles. The van der Waals surface area contributed by atoms with Crippen LogP contribution in [-0.2, 0) is 38.0 Å². The van der Waals surface area contributed by atoms with E-state index in [2.05, 4.69) is 13.2 Å². The lowest BCUT2D eigenvalue weighted by molar-refractivity contribution is -0.148. The van der Waals surface area contributed by atoms with Gasteiger partial charge in [-0.2, -0.15) is 0 Å². The number of esters is 2. The first-order chi connectivity index (χ1) is 15.9. The molecule has 0 aromatic heterocycles. The molecule has 0 saturated carbocycles. The molecule has 0 amide bonds. The number of carbonyl (C=O) groups is 2. The predicted octanol–water partition coefficient (Wildman–Crippen LogP) is 1.81. The Hall–Kier alpha value is -1.82. The highest BCUT2D eigenvalue weighted by Crippen LogP contribution is 2.01. The Kier molecular flexibility index (Phi) is 21.9. The van der Waals surface area contributed by atoms with E-state index >= 15 is 0 Å². The van der Waals surface area contributed by atoms with E-state index in [4.69, 9.17) is 38.6 Å². The average Bonchev–Trinajstić information content (AvgIpc) is 2.81. The Morgan fingerprint density at radius 3 is 1.53 bits per heavy atom. The van der Waals surface area contributed by atoms with Crippen LogP contribution in [0, 0.1) is 0 Å². The van der Waals surface area contributed by atoms with Gasteiger partial charge in [0.15, 0.2) is 0 Å². The SMILES string of the molecule is C=CC(=O)OCC(C)OCC(C)OCC(C)OC(=O)C=C.CC(O)COC(C)COC(C)CO. The fourth-order valence-electron chi connectivity index (χ4n) is 1.94. The smallest absolute Gasteiger partial charge is 0.330 e. The molecule has 0 spiro atoms. The summed E-state index contributed by atoms with van der Waals surface area (Å²) in [6, 6.07) is 0. The van der Waals surface area contributed by atoms with Crippen LogP contribution in [0.1, 0.15) is 41.5 Å². The van der Waals surface area contributed by atoms with Crippen molar-refractivity contribution in [2.75, 3.05) is 39.6 Å². The molecule has 200 valence electrons. The molecule has 0 saturated heterocycles. The number of carbonyl (C=O) groups excluding carboxylic acids is 2. The molecule has 0 aromatic rings. The monoisotopic (exact) mass is 492 g/mol. The van der Waals surface area contributed by atoms with E-state index in [0.29, 0.717) is 19.8 Å². The van der Waals surface area contributed by atoms with Gasteiger partial charge in [-0.3, -0.25) is 0 Å². The quantitative estimate of drug-likeness (QED) is 0.216. The summed E-state index contributed by atoms with van der Waals surface area (Å²) in [6.45, 7) is 18.8. The molecular formula is C24H44O10. The van der Waals surface area contributed by atoms with Crippen LogP contribution in [0.25, 0.3) is 0 Å². The molecule has 0 aliphatic heterocycles. The molecule has 6 unspecified atom stereocenters. The summed E-state index contributed by atoms with van der Waals surface area (Å²) in [5, 5.41) is 17.6. The molecular weight excluding hydrogens is 448 g/mol. The molecule has 10 heteroatoms. The van der Waals surface area contributed by atoms with Gasteiger partial charge in [0.05, 0.1) is 63.6 Å². The van der Waals surface area contributed by atoms with E-state index in [1.165, 1.54) is 0 Å². The zero-order chi connectivity index (χ0) is 26.5.